The summed E-state index contributed by atoms with van der Waals surface area (Å²) in [6.07, 6.45) is 1.26. The molecule has 3 nitrogen and oxygen atoms in total. The predicted octanol–water partition coefficient (Wildman–Crippen LogP) is 2.94. The molecule has 0 N–H and O–H groups in total. The van der Waals surface area contributed by atoms with Gasteiger partial charge in [0.2, 0.25) is 0 Å². The Morgan fingerprint density at radius 2 is 1.72 bits per heavy atom. The molecule has 1 aromatic rings. The van der Waals surface area contributed by atoms with Crippen LogP contribution in [-0.2, 0) is 0 Å². The summed E-state index contributed by atoms with van der Waals surface area (Å²) in [5.41, 5.74) is 2.98. The van der Waals surface area contributed by atoms with E-state index in [2.05, 4.69) is 49.1 Å². The van der Waals surface area contributed by atoms with Gasteiger partial charge in [0, 0.05) is 18.8 Å². The Morgan fingerprint density at radius 3 is 2.22 bits per heavy atom. The number of nitrogens with zero attached hydrogens (tertiary/aromatic N) is 3. The molecule has 0 amide bonds. The molecule has 1 aromatic carbocycles. The first-order valence-corrected chi connectivity index (χ1v) is 6.25. The van der Waals surface area contributed by atoms with Crippen molar-refractivity contribution in [3.63, 3.8) is 0 Å². The second kappa shape index (κ2) is 4.70. The topological polar surface area (TPSA) is 50.8 Å². The van der Waals surface area contributed by atoms with Crippen molar-refractivity contribution in [1.29, 1.82) is 10.5 Å². The molecule has 3 heteroatoms. The lowest BCUT2D eigenvalue weighted by Crippen LogP contribution is -2.39. The van der Waals surface area contributed by atoms with E-state index in [4.69, 9.17) is 10.5 Å². The van der Waals surface area contributed by atoms with E-state index >= 15 is 0 Å². The Bertz CT molecular complexity index is 510. The predicted molar refractivity (Wildman–Crippen MR) is 71.0 cm³/mol. The minimum atomic E-state index is -0.769. The van der Waals surface area contributed by atoms with Crippen LogP contribution in [0.1, 0.15) is 24.0 Å². The van der Waals surface area contributed by atoms with Crippen LogP contribution in [0, 0.1) is 41.9 Å². The lowest BCUT2D eigenvalue weighted by Gasteiger charge is -2.35. The number of rotatable bonds is 1. The minimum absolute atomic E-state index is 0.632. The first-order chi connectivity index (χ1) is 8.60. The van der Waals surface area contributed by atoms with Gasteiger partial charge < -0.3 is 4.90 Å². The quantitative estimate of drug-likeness (QED) is 0.757. The summed E-state index contributed by atoms with van der Waals surface area (Å²) in [6.45, 7) is 5.76. The van der Waals surface area contributed by atoms with Crippen LogP contribution in [0.2, 0.25) is 0 Å². The molecule has 1 aliphatic heterocycles. The highest BCUT2D eigenvalue weighted by atomic mass is 15.1. The van der Waals surface area contributed by atoms with Gasteiger partial charge in [-0.05, 0) is 38.3 Å². The highest BCUT2D eigenvalue weighted by Crippen LogP contribution is 2.33. The molecule has 0 radical (unpaired) electrons. The van der Waals surface area contributed by atoms with Gasteiger partial charge in [0.25, 0.3) is 0 Å². The Balaban J connectivity index is 2.16. The SMILES string of the molecule is Cc1ccc(N2CCC(C#N)(C#N)CC2)c(C)c1. The van der Waals surface area contributed by atoms with Crippen LogP contribution in [0.4, 0.5) is 5.69 Å². The third kappa shape index (κ3) is 2.17. The zero-order valence-corrected chi connectivity index (χ0v) is 10.9. The van der Waals surface area contributed by atoms with Crippen molar-refractivity contribution in [3.8, 4) is 12.1 Å². The van der Waals surface area contributed by atoms with E-state index in [1.807, 2.05) is 0 Å². The fraction of sp³-hybridized carbons (Fsp3) is 0.467. The average molecular weight is 239 g/mol. The van der Waals surface area contributed by atoms with Crippen molar-refractivity contribution in [2.75, 3.05) is 18.0 Å². The molecule has 0 bridgehead atoms. The number of anilines is 1. The molecular formula is C15H17N3. The molecule has 0 aromatic heterocycles. The molecule has 0 spiro atoms. The molecule has 1 fully saturated rings. The Labute approximate surface area is 108 Å². The molecule has 1 heterocycles. The first-order valence-electron chi connectivity index (χ1n) is 6.25. The summed E-state index contributed by atoms with van der Waals surface area (Å²) in [5.74, 6) is 0. The second-order valence-corrected chi connectivity index (χ2v) is 5.08. The maximum Gasteiger partial charge on any atom is 0.147 e. The normalized spacial score (nSPS) is 17.9. The van der Waals surface area contributed by atoms with E-state index in [1.165, 1.54) is 16.8 Å². The van der Waals surface area contributed by atoms with E-state index in [9.17, 15) is 0 Å². The molecule has 2 rings (SSSR count). The van der Waals surface area contributed by atoms with E-state index < -0.39 is 5.41 Å². The zero-order chi connectivity index (χ0) is 13.2. The van der Waals surface area contributed by atoms with Crippen LogP contribution in [0.25, 0.3) is 0 Å². The van der Waals surface area contributed by atoms with Crippen molar-refractivity contribution < 1.29 is 0 Å². The van der Waals surface area contributed by atoms with Gasteiger partial charge in [-0.3, -0.25) is 0 Å². The largest absolute Gasteiger partial charge is 0.371 e. The van der Waals surface area contributed by atoms with Crippen LogP contribution in [0.15, 0.2) is 18.2 Å². The van der Waals surface area contributed by atoms with Gasteiger partial charge in [-0.15, -0.1) is 0 Å². The van der Waals surface area contributed by atoms with E-state index in [-0.39, 0.29) is 0 Å². The Morgan fingerprint density at radius 1 is 1.11 bits per heavy atom. The Kier molecular flexibility index (Phi) is 3.26. The fourth-order valence-electron chi connectivity index (χ4n) is 2.54. The van der Waals surface area contributed by atoms with Crippen molar-refractivity contribution in [2.45, 2.75) is 26.7 Å². The van der Waals surface area contributed by atoms with Crippen LogP contribution in [0.3, 0.4) is 0 Å². The molecular weight excluding hydrogens is 222 g/mol. The lowest BCUT2D eigenvalue weighted by molar-refractivity contribution is 0.393. The van der Waals surface area contributed by atoms with Gasteiger partial charge in [-0.2, -0.15) is 10.5 Å². The third-order valence-corrected chi connectivity index (χ3v) is 3.74. The molecule has 0 unspecified atom stereocenters. The number of nitriles is 2. The van der Waals surface area contributed by atoms with Crippen molar-refractivity contribution in [2.24, 2.45) is 5.41 Å². The molecule has 0 atom stereocenters. The number of piperidine rings is 1. The summed E-state index contributed by atoms with van der Waals surface area (Å²) in [7, 11) is 0. The van der Waals surface area contributed by atoms with Crippen molar-refractivity contribution in [1.82, 2.24) is 0 Å². The molecule has 0 aliphatic carbocycles. The third-order valence-electron chi connectivity index (χ3n) is 3.74. The molecule has 0 saturated carbocycles. The molecule has 92 valence electrons. The van der Waals surface area contributed by atoms with E-state index in [0.717, 1.165) is 13.1 Å². The Hall–Kier alpha value is -2.00. The van der Waals surface area contributed by atoms with Crippen LogP contribution < -0.4 is 4.90 Å². The highest BCUT2D eigenvalue weighted by molar-refractivity contribution is 5.55. The summed E-state index contributed by atoms with van der Waals surface area (Å²) in [5, 5.41) is 18.2. The van der Waals surface area contributed by atoms with Crippen molar-refractivity contribution in [3.05, 3.63) is 29.3 Å². The smallest absolute Gasteiger partial charge is 0.147 e. The van der Waals surface area contributed by atoms with Crippen LogP contribution in [0.5, 0.6) is 0 Å². The van der Waals surface area contributed by atoms with Gasteiger partial charge in [0.15, 0.2) is 0 Å². The summed E-state index contributed by atoms with van der Waals surface area (Å²) in [4.78, 5) is 2.28. The minimum Gasteiger partial charge on any atom is -0.371 e. The van der Waals surface area contributed by atoms with Gasteiger partial charge in [-0.25, -0.2) is 0 Å². The number of hydrogen-bond acceptors (Lipinski definition) is 3. The van der Waals surface area contributed by atoms with E-state index in [0.29, 0.717) is 12.8 Å². The summed E-state index contributed by atoms with van der Waals surface area (Å²) < 4.78 is 0. The van der Waals surface area contributed by atoms with Crippen LogP contribution >= 0.6 is 0 Å². The van der Waals surface area contributed by atoms with Gasteiger partial charge >= 0.3 is 0 Å². The monoisotopic (exact) mass is 239 g/mol. The summed E-state index contributed by atoms with van der Waals surface area (Å²) in [6, 6.07) is 10.8. The fourth-order valence-corrected chi connectivity index (χ4v) is 2.54. The molecule has 1 aliphatic rings. The standard InChI is InChI=1S/C15H17N3/c1-12-3-4-14(13(2)9-12)18-7-5-15(10-16,11-17)6-8-18/h3-4,9H,5-8H2,1-2H3. The first kappa shape index (κ1) is 12.5. The maximum atomic E-state index is 9.10. The van der Waals surface area contributed by atoms with Gasteiger partial charge in [0.1, 0.15) is 5.41 Å². The molecule has 1 saturated heterocycles. The van der Waals surface area contributed by atoms with E-state index in [1.54, 1.807) is 0 Å². The van der Waals surface area contributed by atoms with Gasteiger partial charge in [0.05, 0.1) is 12.1 Å². The molecule has 18 heavy (non-hydrogen) atoms. The summed E-state index contributed by atoms with van der Waals surface area (Å²) >= 11 is 0. The number of benzene rings is 1. The number of hydrogen-bond donors (Lipinski definition) is 0. The zero-order valence-electron chi connectivity index (χ0n) is 10.9. The maximum absolute atomic E-state index is 9.10. The highest BCUT2D eigenvalue weighted by Gasteiger charge is 2.35. The lowest BCUT2D eigenvalue weighted by atomic mass is 9.81. The van der Waals surface area contributed by atoms with Crippen LogP contribution in [-0.4, -0.2) is 13.1 Å². The second-order valence-electron chi connectivity index (χ2n) is 5.08. The number of aryl methyl sites for hydroxylation is 2. The van der Waals surface area contributed by atoms with Gasteiger partial charge in [-0.1, -0.05) is 17.7 Å². The van der Waals surface area contributed by atoms with Crippen molar-refractivity contribution >= 4 is 5.69 Å². The average Bonchev–Trinajstić information content (AvgIpc) is 2.39.